The van der Waals surface area contributed by atoms with E-state index in [0.29, 0.717) is 31.4 Å². The molecule has 1 aromatic carbocycles. The Hall–Kier alpha value is -4.19. The van der Waals surface area contributed by atoms with Crippen LogP contribution in [0.15, 0.2) is 42.5 Å². The number of carbonyl (C=O) groups is 4. The molecule has 3 heterocycles. The first kappa shape index (κ1) is 32.7. The molecule has 0 unspecified atom stereocenters. The summed E-state index contributed by atoms with van der Waals surface area (Å²) in [4.78, 5) is 61.0. The van der Waals surface area contributed by atoms with Crippen LogP contribution in [-0.4, -0.2) is 109 Å². The van der Waals surface area contributed by atoms with Gasteiger partial charge in [-0.3, -0.25) is 14.4 Å². The van der Waals surface area contributed by atoms with E-state index in [1.54, 1.807) is 15.9 Å². The molecule has 2 aliphatic heterocycles. The van der Waals surface area contributed by atoms with E-state index in [4.69, 9.17) is 4.74 Å². The van der Waals surface area contributed by atoms with Crippen LogP contribution >= 0.6 is 0 Å². The fraction of sp³-hybridized carbons (Fsp3) is 0.531. The van der Waals surface area contributed by atoms with E-state index in [9.17, 15) is 24.3 Å². The second-order valence-electron chi connectivity index (χ2n) is 11.3. The third-order valence-corrected chi connectivity index (χ3v) is 8.20. The quantitative estimate of drug-likeness (QED) is 0.310. The van der Waals surface area contributed by atoms with Gasteiger partial charge in [0.05, 0.1) is 12.3 Å². The van der Waals surface area contributed by atoms with E-state index in [1.807, 2.05) is 50.4 Å². The van der Waals surface area contributed by atoms with Crippen LogP contribution in [0.2, 0.25) is 0 Å². The largest absolute Gasteiger partial charge is 0.481 e. The van der Waals surface area contributed by atoms with Gasteiger partial charge in [-0.25, -0.2) is 9.78 Å². The van der Waals surface area contributed by atoms with Crippen molar-refractivity contribution in [2.75, 3.05) is 57.8 Å². The summed E-state index contributed by atoms with van der Waals surface area (Å²) < 4.78 is 5.29. The lowest BCUT2D eigenvalue weighted by molar-refractivity contribution is -0.138. The summed E-state index contributed by atoms with van der Waals surface area (Å²) in [7, 11) is 1.97. The average molecular weight is 609 g/mol. The Morgan fingerprint density at radius 1 is 1.00 bits per heavy atom. The predicted molar refractivity (Wildman–Crippen MR) is 167 cm³/mol. The highest BCUT2D eigenvalue weighted by Gasteiger charge is 2.31. The summed E-state index contributed by atoms with van der Waals surface area (Å²) in [6, 6.07) is 12.7. The van der Waals surface area contributed by atoms with Gasteiger partial charge < -0.3 is 35.2 Å². The fourth-order valence-electron chi connectivity index (χ4n) is 5.48. The number of carboxylic acids is 1. The maximum Gasteiger partial charge on any atom is 0.409 e. The van der Waals surface area contributed by atoms with Crippen LogP contribution in [0.4, 0.5) is 10.5 Å². The summed E-state index contributed by atoms with van der Waals surface area (Å²) in [5.41, 5.74) is 2.52. The molecule has 2 aliphatic rings. The summed E-state index contributed by atoms with van der Waals surface area (Å²) >= 11 is 0. The molecule has 2 fully saturated rings. The summed E-state index contributed by atoms with van der Waals surface area (Å²) in [6.07, 6.45) is 2.88. The topological polar surface area (TPSA) is 144 Å². The number of carboxylic acid groups (broad SMARTS) is 1. The number of rotatable bonds is 12. The summed E-state index contributed by atoms with van der Waals surface area (Å²) in [5, 5.41) is 15.5. The molecule has 44 heavy (non-hydrogen) atoms. The number of benzene rings is 1. The van der Waals surface area contributed by atoms with Crippen molar-refractivity contribution in [2.45, 2.75) is 57.5 Å². The van der Waals surface area contributed by atoms with E-state index in [1.165, 1.54) is 0 Å². The maximum absolute atomic E-state index is 13.7. The Morgan fingerprint density at radius 3 is 2.32 bits per heavy atom. The number of anilines is 1. The minimum absolute atomic E-state index is 0.0675. The number of unbranched alkanes of at least 4 members (excludes halogenated alkanes) is 1. The van der Waals surface area contributed by atoms with Gasteiger partial charge in [-0.1, -0.05) is 43.7 Å². The SMILES string of the molecule is CCCCOC(=O)N1CCN(C(=O)[C@H](CCC(=O)O)NC(=O)c2cc(N3CCC(NC)CC3)cc(-c3ccccc3)n2)CC1. The lowest BCUT2D eigenvalue weighted by Crippen LogP contribution is -2.56. The standard InChI is InChI=1S/C32H44N6O6/c1-3-4-20-44-32(43)38-18-16-37(17-19-38)31(42)26(10-11-29(39)40)35-30(41)28-22-25(36-14-12-24(33-2)13-15-36)21-27(34-28)23-8-6-5-7-9-23/h5-9,21-22,24,26,33H,3-4,10-20H2,1-2H3,(H,35,41)(H,39,40)/t26-/m0/s1. The zero-order valence-corrected chi connectivity index (χ0v) is 25.7. The van der Waals surface area contributed by atoms with Gasteiger partial charge in [0.1, 0.15) is 11.7 Å². The molecule has 0 spiro atoms. The number of piperazine rings is 1. The molecule has 238 valence electrons. The van der Waals surface area contributed by atoms with Crippen LogP contribution < -0.4 is 15.5 Å². The molecule has 12 heteroatoms. The number of aromatic nitrogens is 1. The van der Waals surface area contributed by atoms with Gasteiger partial charge in [-0.2, -0.15) is 0 Å². The Bertz CT molecular complexity index is 1280. The Balaban J connectivity index is 1.50. The van der Waals surface area contributed by atoms with E-state index in [2.05, 4.69) is 20.5 Å². The highest BCUT2D eigenvalue weighted by Crippen LogP contribution is 2.27. The molecule has 0 bridgehead atoms. The van der Waals surface area contributed by atoms with Crippen molar-refractivity contribution in [3.63, 3.8) is 0 Å². The number of hydrogen-bond acceptors (Lipinski definition) is 8. The molecule has 3 N–H and O–H groups in total. The number of aliphatic carboxylic acids is 1. The third kappa shape index (κ3) is 8.91. The lowest BCUT2D eigenvalue weighted by atomic mass is 10.0. The van der Waals surface area contributed by atoms with Gasteiger partial charge in [0.2, 0.25) is 5.91 Å². The van der Waals surface area contributed by atoms with Crippen molar-refractivity contribution in [2.24, 2.45) is 0 Å². The first-order valence-electron chi connectivity index (χ1n) is 15.5. The smallest absolute Gasteiger partial charge is 0.409 e. The van der Waals surface area contributed by atoms with Crippen molar-refractivity contribution >= 4 is 29.6 Å². The van der Waals surface area contributed by atoms with Crippen LogP contribution in [0, 0.1) is 0 Å². The predicted octanol–water partition coefficient (Wildman–Crippen LogP) is 2.98. The number of pyridine rings is 1. The van der Waals surface area contributed by atoms with Gasteiger partial charge in [0.25, 0.3) is 5.91 Å². The normalized spacial score (nSPS) is 16.4. The second-order valence-corrected chi connectivity index (χ2v) is 11.3. The molecule has 2 saturated heterocycles. The van der Waals surface area contributed by atoms with Gasteiger partial charge in [-0.05, 0) is 44.9 Å². The highest BCUT2D eigenvalue weighted by molar-refractivity contribution is 5.97. The fourth-order valence-corrected chi connectivity index (χ4v) is 5.48. The summed E-state index contributed by atoms with van der Waals surface area (Å²) in [5.74, 6) is -1.99. The maximum atomic E-state index is 13.7. The molecule has 2 aromatic rings. The van der Waals surface area contributed by atoms with E-state index in [0.717, 1.165) is 50.0 Å². The van der Waals surface area contributed by atoms with Crippen molar-refractivity contribution < 1.29 is 29.0 Å². The number of hydrogen-bond donors (Lipinski definition) is 3. The van der Waals surface area contributed by atoms with Crippen molar-refractivity contribution in [3.8, 4) is 11.3 Å². The van der Waals surface area contributed by atoms with Crippen molar-refractivity contribution in [1.29, 1.82) is 0 Å². The molecule has 4 rings (SSSR count). The Labute approximate surface area is 258 Å². The van der Waals surface area contributed by atoms with E-state index < -0.39 is 24.0 Å². The zero-order chi connectivity index (χ0) is 31.5. The monoisotopic (exact) mass is 608 g/mol. The van der Waals surface area contributed by atoms with Gasteiger partial charge in [0, 0.05) is 63.0 Å². The molecule has 1 aromatic heterocycles. The first-order chi connectivity index (χ1) is 21.3. The first-order valence-corrected chi connectivity index (χ1v) is 15.5. The van der Waals surface area contributed by atoms with E-state index >= 15 is 0 Å². The Morgan fingerprint density at radius 2 is 1.68 bits per heavy atom. The average Bonchev–Trinajstić information content (AvgIpc) is 3.06. The molecular weight excluding hydrogens is 564 g/mol. The van der Waals surface area contributed by atoms with Crippen LogP contribution in [-0.2, 0) is 14.3 Å². The Kier molecular flexibility index (Phi) is 11.9. The molecule has 1 atom stereocenters. The molecule has 0 radical (unpaired) electrons. The number of nitrogens with zero attached hydrogens (tertiary/aromatic N) is 4. The number of piperidine rings is 1. The van der Waals surface area contributed by atoms with Gasteiger partial charge >= 0.3 is 12.1 Å². The molecule has 0 aliphatic carbocycles. The number of amides is 3. The lowest BCUT2D eigenvalue weighted by Gasteiger charge is -2.36. The zero-order valence-electron chi connectivity index (χ0n) is 25.7. The molecular formula is C32H44N6O6. The van der Waals surface area contributed by atoms with Crippen molar-refractivity contribution in [3.05, 3.63) is 48.2 Å². The number of carbonyl (C=O) groups excluding carboxylic acids is 3. The number of ether oxygens (including phenoxy) is 1. The van der Waals surface area contributed by atoms with Gasteiger partial charge in [-0.15, -0.1) is 0 Å². The van der Waals surface area contributed by atoms with Crippen LogP contribution in [0.1, 0.15) is 55.9 Å². The van der Waals surface area contributed by atoms with Crippen LogP contribution in [0.25, 0.3) is 11.3 Å². The third-order valence-electron chi connectivity index (χ3n) is 8.20. The van der Waals surface area contributed by atoms with Crippen molar-refractivity contribution in [1.82, 2.24) is 25.4 Å². The van der Waals surface area contributed by atoms with E-state index in [-0.39, 0.29) is 37.5 Å². The molecule has 0 saturated carbocycles. The number of nitrogens with one attached hydrogen (secondary N) is 2. The molecule has 3 amide bonds. The minimum atomic E-state index is -1.06. The summed E-state index contributed by atoms with van der Waals surface area (Å²) in [6.45, 7) is 5.12. The van der Waals surface area contributed by atoms with Crippen LogP contribution in [0.3, 0.4) is 0 Å². The van der Waals surface area contributed by atoms with Crippen LogP contribution in [0.5, 0.6) is 0 Å². The van der Waals surface area contributed by atoms with Gasteiger partial charge in [0.15, 0.2) is 0 Å². The highest BCUT2D eigenvalue weighted by atomic mass is 16.6. The molecule has 12 nitrogen and oxygen atoms in total. The second kappa shape index (κ2) is 16.0. The minimum Gasteiger partial charge on any atom is -0.481 e.